The van der Waals surface area contributed by atoms with Gasteiger partial charge in [-0.3, -0.25) is 9.59 Å². The van der Waals surface area contributed by atoms with Gasteiger partial charge in [0, 0.05) is 16.5 Å². The molecule has 7 aromatic carbocycles. The first kappa shape index (κ1) is 23.4. The lowest BCUT2D eigenvalue weighted by Gasteiger charge is -2.28. The Labute approximate surface area is 236 Å². The average molecular weight is 526 g/mol. The van der Waals surface area contributed by atoms with Crippen molar-refractivity contribution in [3.63, 3.8) is 0 Å². The van der Waals surface area contributed by atoms with E-state index in [1.165, 1.54) is 26.8 Å². The molecule has 0 saturated heterocycles. The Morgan fingerprint density at radius 2 is 0.780 bits per heavy atom. The van der Waals surface area contributed by atoms with Crippen LogP contribution in [0.5, 0.6) is 0 Å². The molecular formula is C38H23NO2. The maximum atomic E-state index is 13.7. The van der Waals surface area contributed by atoms with E-state index >= 15 is 0 Å². The summed E-state index contributed by atoms with van der Waals surface area (Å²) in [6.07, 6.45) is 0. The second kappa shape index (κ2) is 9.00. The van der Waals surface area contributed by atoms with E-state index in [1.807, 2.05) is 48.5 Å². The number of hydrogen-bond acceptors (Lipinski definition) is 2. The van der Waals surface area contributed by atoms with Crippen LogP contribution in [-0.4, -0.2) is 11.8 Å². The summed E-state index contributed by atoms with van der Waals surface area (Å²) in [5.74, 6) is -0.597. The molecule has 8 rings (SSSR count). The topological polar surface area (TPSA) is 37.4 Å². The third-order valence-corrected chi connectivity index (χ3v) is 8.22. The van der Waals surface area contributed by atoms with E-state index in [0.29, 0.717) is 16.8 Å². The highest BCUT2D eigenvalue weighted by molar-refractivity contribution is 6.36. The number of amides is 2. The molecule has 7 aromatic rings. The van der Waals surface area contributed by atoms with Crippen LogP contribution in [0.1, 0.15) is 20.7 Å². The van der Waals surface area contributed by atoms with Crippen LogP contribution in [0.25, 0.3) is 54.6 Å². The largest absolute Gasteiger partial charge is 0.268 e. The van der Waals surface area contributed by atoms with Gasteiger partial charge in [-0.2, -0.15) is 0 Å². The number of nitrogens with zero attached hydrogens (tertiary/aromatic N) is 1. The minimum Gasteiger partial charge on any atom is -0.268 e. The Morgan fingerprint density at radius 1 is 0.341 bits per heavy atom. The molecular weight excluding hydrogens is 502 g/mol. The van der Waals surface area contributed by atoms with Crippen molar-refractivity contribution < 1.29 is 9.59 Å². The van der Waals surface area contributed by atoms with Crippen LogP contribution in [0.4, 0.5) is 5.69 Å². The van der Waals surface area contributed by atoms with Gasteiger partial charge in [0.25, 0.3) is 11.8 Å². The SMILES string of the molecule is O=C1c2cccc3c(-c4ccc(-c5cccc6ccccc56)c5ccccc45)ccc(c23)C(=O)N1c1ccccc1. The first-order chi connectivity index (χ1) is 20.2. The lowest BCUT2D eigenvalue weighted by Crippen LogP contribution is -2.40. The van der Waals surface area contributed by atoms with Gasteiger partial charge in [-0.25, -0.2) is 4.90 Å². The standard InChI is InChI=1S/C38H23NO2/c40-37-34-19-9-18-33-32(22-23-35(36(33)34)38(41)39(37)25-12-2-1-3-13-25)31-21-20-30(28-15-6-7-16-29(28)31)27-17-8-11-24-10-4-5-14-26(24)27/h1-23H. The van der Waals surface area contributed by atoms with E-state index in [2.05, 4.69) is 78.9 Å². The van der Waals surface area contributed by atoms with Crippen molar-refractivity contribution in [2.75, 3.05) is 4.90 Å². The van der Waals surface area contributed by atoms with Crippen LogP contribution in [-0.2, 0) is 0 Å². The van der Waals surface area contributed by atoms with Crippen LogP contribution < -0.4 is 4.90 Å². The molecule has 1 aliphatic heterocycles. The zero-order valence-corrected chi connectivity index (χ0v) is 22.0. The quantitative estimate of drug-likeness (QED) is 0.216. The molecule has 0 unspecified atom stereocenters. The zero-order valence-electron chi connectivity index (χ0n) is 22.0. The fourth-order valence-electron chi connectivity index (χ4n) is 6.37. The molecule has 0 N–H and O–H groups in total. The minimum atomic E-state index is -0.299. The van der Waals surface area contributed by atoms with E-state index in [4.69, 9.17) is 0 Å². The summed E-state index contributed by atoms with van der Waals surface area (Å²) in [5, 5.41) is 6.32. The molecule has 0 aromatic heterocycles. The molecule has 3 heteroatoms. The van der Waals surface area contributed by atoms with Crippen LogP contribution in [0.3, 0.4) is 0 Å². The van der Waals surface area contributed by atoms with Gasteiger partial charge in [-0.05, 0) is 73.5 Å². The van der Waals surface area contributed by atoms with E-state index in [-0.39, 0.29) is 11.8 Å². The highest BCUT2D eigenvalue weighted by Crippen LogP contribution is 2.42. The Kier molecular flexibility index (Phi) is 5.13. The van der Waals surface area contributed by atoms with Gasteiger partial charge in [0.05, 0.1) is 5.69 Å². The van der Waals surface area contributed by atoms with Gasteiger partial charge in [0.2, 0.25) is 0 Å². The van der Waals surface area contributed by atoms with Gasteiger partial charge in [-0.15, -0.1) is 0 Å². The van der Waals surface area contributed by atoms with Gasteiger partial charge in [0.15, 0.2) is 0 Å². The number of para-hydroxylation sites is 1. The molecule has 0 atom stereocenters. The summed E-state index contributed by atoms with van der Waals surface area (Å²) in [4.78, 5) is 28.7. The summed E-state index contributed by atoms with van der Waals surface area (Å²) >= 11 is 0. The molecule has 3 nitrogen and oxygen atoms in total. The molecule has 0 spiro atoms. The number of hydrogen-bond donors (Lipinski definition) is 0. The molecule has 0 saturated carbocycles. The molecule has 0 fully saturated rings. The minimum absolute atomic E-state index is 0.299. The highest BCUT2D eigenvalue weighted by Gasteiger charge is 2.34. The Bertz CT molecular complexity index is 2170. The van der Waals surface area contributed by atoms with Gasteiger partial charge >= 0.3 is 0 Å². The number of carbonyl (C=O) groups excluding carboxylic acids is 2. The number of benzene rings is 7. The third-order valence-electron chi connectivity index (χ3n) is 8.22. The molecule has 1 aliphatic rings. The predicted octanol–water partition coefficient (Wildman–Crippen LogP) is 9.28. The van der Waals surface area contributed by atoms with Gasteiger partial charge in [-0.1, -0.05) is 115 Å². The fourth-order valence-corrected chi connectivity index (χ4v) is 6.37. The molecule has 0 aliphatic carbocycles. The van der Waals surface area contributed by atoms with Crippen LogP contribution in [0.15, 0.2) is 140 Å². The second-order valence-corrected chi connectivity index (χ2v) is 10.4. The monoisotopic (exact) mass is 525 g/mol. The number of carbonyl (C=O) groups is 2. The summed E-state index contributed by atoms with van der Waals surface area (Å²) in [6.45, 7) is 0. The Hall–Kier alpha value is -5.54. The summed E-state index contributed by atoms with van der Waals surface area (Å²) in [6, 6.07) is 46.5. The summed E-state index contributed by atoms with van der Waals surface area (Å²) in [7, 11) is 0. The Morgan fingerprint density at radius 3 is 1.49 bits per heavy atom. The average Bonchev–Trinajstić information content (AvgIpc) is 3.03. The Balaban J connectivity index is 1.35. The molecule has 0 bridgehead atoms. The van der Waals surface area contributed by atoms with Crippen molar-refractivity contribution >= 4 is 49.8 Å². The van der Waals surface area contributed by atoms with Crippen molar-refractivity contribution in [3.05, 3.63) is 151 Å². The fraction of sp³-hybridized carbons (Fsp3) is 0. The van der Waals surface area contributed by atoms with Crippen molar-refractivity contribution in [2.24, 2.45) is 0 Å². The molecule has 192 valence electrons. The molecule has 0 radical (unpaired) electrons. The second-order valence-electron chi connectivity index (χ2n) is 10.4. The van der Waals surface area contributed by atoms with Crippen molar-refractivity contribution in [3.8, 4) is 22.3 Å². The molecule has 1 heterocycles. The van der Waals surface area contributed by atoms with Crippen LogP contribution in [0.2, 0.25) is 0 Å². The van der Waals surface area contributed by atoms with Crippen molar-refractivity contribution in [2.45, 2.75) is 0 Å². The number of imide groups is 1. The predicted molar refractivity (Wildman–Crippen MR) is 167 cm³/mol. The van der Waals surface area contributed by atoms with E-state index in [0.717, 1.165) is 32.7 Å². The maximum absolute atomic E-state index is 13.7. The van der Waals surface area contributed by atoms with Crippen LogP contribution in [0, 0.1) is 0 Å². The zero-order chi connectivity index (χ0) is 27.5. The van der Waals surface area contributed by atoms with Crippen LogP contribution >= 0.6 is 0 Å². The van der Waals surface area contributed by atoms with Crippen molar-refractivity contribution in [1.29, 1.82) is 0 Å². The van der Waals surface area contributed by atoms with Gasteiger partial charge < -0.3 is 0 Å². The molecule has 2 amide bonds. The first-order valence-electron chi connectivity index (χ1n) is 13.7. The number of fused-ring (bicyclic) bond motifs is 2. The highest BCUT2D eigenvalue weighted by atomic mass is 16.2. The van der Waals surface area contributed by atoms with E-state index < -0.39 is 0 Å². The first-order valence-corrected chi connectivity index (χ1v) is 13.7. The lowest BCUT2D eigenvalue weighted by molar-refractivity contribution is 0.0893. The smallest absolute Gasteiger partial charge is 0.265 e. The summed E-state index contributed by atoms with van der Waals surface area (Å²) < 4.78 is 0. The number of anilines is 1. The molecule has 41 heavy (non-hydrogen) atoms. The third kappa shape index (κ3) is 3.46. The van der Waals surface area contributed by atoms with Gasteiger partial charge in [0.1, 0.15) is 0 Å². The lowest BCUT2D eigenvalue weighted by atomic mass is 9.86. The normalized spacial score (nSPS) is 12.9. The number of rotatable bonds is 3. The van der Waals surface area contributed by atoms with E-state index in [1.54, 1.807) is 12.1 Å². The van der Waals surface area contributed by atoms with E-state index in [9.17, 15) is 9.59 Å². The maximum Gasteiger partial charge on any atom is 0.265 e. The summed E-state index contributed by atoms with van der Waals surface area (Å²) in [5.41, 5.74) is 6.09. The van der Waals surface area contributed by atoms with Crippen molar-refractivity contribution in [1.82, 2.24) is 0 Å².